The largest absolute Gasteiger partial charge is 0.368 e. The van der Waals surface area contributed by atoms with E-state index in [9.17, 15) is 5.11 Å². The average molecular weight is 105 g/mol. The second-order valence-electron chi connectivity index (χ2n) is 1.18. The molecule has 0 aromatic carbocycles. The van der Waals surface area contributed by atoms with E-state index in [1.165, 1.54) is 7.11 Å². The Hall–Kier alpha value is -0.120. The fourth-order valence-corrected chi connectivity index (χ4v) is 0.219. The van der Waals surface area contributed by atoms with Crippen LogP contribution in [0.1, 0.15) is 6.42 Å². The zero-order valence-corrected chi connectivity index (χ0v) is 4.26. The van der Waals surface area contributed by atoms with E-state index in [4.69, 9.17) is 5.11 Å². The second-order valence-corrected chi connectivity index (χ2v) is 1.18. The first kappa shape index (κ1) is 6.88. The van der Waals surface area contributed by atoms with Gasteiger partial charge in [0, 0.05) is 13.5 Å². The topological polar surface area (TPSA) is 49.4 Å². The predicted molar refractivity (Wildman–Crippen MR) is 23.2 cm³/mol. The van der Waals surface area contributed by atoms with Crippen LogP contribution in [0.5, 0.6) is 0 Å². The molecular formula is C4H9O3. The zero-order chi connectivity index (χ0) is 5.70. The molecule has 0 spiro atoms. The molecule has 0 bridgehead atoms. The van der Waals surface area contributed by atoms with Crippen LogP contribution in [0.3, 0.4) is 0 Å². The van der Waals surface area contributed by atoms with E-state index < -0.39 is 6.29 Å². The third-order valence-electron chi connectivity index (χ3n) is 0.637. The van der Waals surface area contributed by atoms with Gasteiger partial charge in [-0.3, -0.25) is 0 Å². The van der Waals surface area contributed by atoms with Gasteiger partial charge in [-0.25, -0.2) is 5.11 Å². The number of methoxy groups -OCH3 is 1. The molecule has 3 heteroatoms. The molecule has 0 saturated heterocycles. The first-order chi connectivity index (χ1) is 3.31. The molecule has 0 heterocycles. The highest BCUT2D eigenvalue weighted by Crippen LogP contribution is 1.87. The zero-order valence-electron chi connectivity index (χ0n) is 4.26. The molecule has 3 nitrogen and oxygen atoms in total. The molecule has 0 rings (SSSR count). The Kier molecular flexibility index (Phi) is 3.98. The molecule has 0 aromatic rings. The Morgan fingerprint density at radius 1 is 1.86 bits per heavy atom. The van der Waals surface area contributed by atoms with Crippen molar-refractivity contribution in [3.8, 4) is 0 Å². The quantitative estimate of drug-likeness (QED) is 0.504. The molecule has 43 valence electrons. The number of ether oxygens (including phenoxy) is 1. The first-order valence-electron chi connectivity index (χ1n) is 2.10. The Morgan fingerprint density at radius 3 is 2.57 bits per heavy atom. The summed E-state index contributed by atoms with van der Waals surface area (Å²) in [4.78, 5) is 0. The highest BCUT2D eigenvalue weighted by molar-refractivity contribution is 4.34. The van der Waals surface area contributed by atoms with Crippen molar-refractivity contribution in [3.63, 3.8) is 0 Å². The van der Waals surface area contributed by atoms with Crippen molar-refractivity contribution in [3.05, 3.63) is 0 Å². The summed E-state index contributed by atoms with van der Waals surface area (Å²) in [5.74, 6) is 0. The predicted octanol–water partition coefficient (Wildman–Crippen LogP) is -0.228. The van der Waals surface area contributed by atoms with Crippen LogP contribution >= 0.6 is 0 Å². The van der Waals surface area contributed by atoms with Crippen molar-refractivity contribution >= 4 is 0 Å². The maximum atomic E-state index is 9.66. The van der Waals surface area contributed by atoms with Gasteiger partial charge in [0.15, 0.2) is 6.29 Å². The summed E-state index contributed by atoms with van der Waals surface area (Å²) in [6.07, 6.45) is -0.686. The monoisotopic (exact) mass is 105 g/mol. The van der Waals surface area contributed by atoms with Gasteiger partial charge in [0.1, 0.15) is 0 Å². The van der Waals surface area contributed by atoms with Crippen molar-refractivity contribution in [2.75, 3.05) is 13.7 Å². The summed E-state index contributed by atoms with van der Waals surface area (Å²) in [5, 5.41) is 18.1. The first-order valence-corrected chi connectivity index (χ1v) is 2.10. The van der Waals surface area contributed by atoms with Gasteiger partial charge in [-0.05, 0) is 0 Å². The minimum Gasteiger partial charge on any atom is -0.368 e. The molecule has 7 heavy (non-hydrogen) atoms. The lowest BCUT2D eigenvalue weighted by Gasteiger charge is -2.02. The van der Waals surface area contributed by atoms with Crippen LogP contribution in [0, 0.1) is 0 Å². The van der Waals surface area contributed by atoms with Crippen molar-refractivity contribution < 1.29 is 14.9 Å². The lowest BCUT2D eigenvalue weighted by molar-refractivity contribution is -0.0890. The average Bonchev–Trinajstić information content (AvgIpc) is 1.68. The number of hydrogen-bond donors (Lipinski definition) is 1. The third-order valence-corrected chi connectivity index (χ3v) is 0.637. The summed E-state index contributed by atoms with van der Waals surface area (Å²) < 4.78 is 4.35. The number of aliphatic hydroxyl groups excluding tert-OH is 1. The van der Waals surface area contributed by atoms with Crippen LogP contribution in [0.25, 0.3) is 0 Å². The molecule has 0 aliphatic carbocycles. The molecule has 0 aromatic heterocycles. The van der Waals surface area contributed by atoms with Crippen LogP contribution in [0.4, 0.5) is 0 Å². The summed E-state index contributed by atoms with van der Waals surface area (Å²) in [5.41, 5.74) is 0. The summed E-state index contributed by atoms with van der Waals surface area (Å²) >= 11 is 0. The van der Waals surface area contributed by atoms with E-state index in [2.05, 4.69) is 4.74 Å². The third kappa shape index (κ3) is 3.72. The van der Waals surface area contributed by atoms with E-state index in [-0.39, 0.29) is 13.0 Å². The molecular weight excluding hydrogens is 96.0 g/mol. The van der Waals surface area contributed by atoms with Crippen molar-refractivity contribution in [2.45, 2.75) is 12.7 Å². The molecule has 1 atom stereocenters. The van der Waals surface area contributed by atoms with Gasteiger partial charge in [-0.1, -0.05) is 0 Å². The molecule has 1 N–H and O–H groups in total. The normalized spacial score (nSPS) is 14.1. The van der Waals surface area contributed by atoms with Crippen molar-refractivity contribution in [1.82, 2.24) is 0 Å². The van der Waals surface area contributed by atoms with Crippen LogP contribution in [-0.4, -0.2) is 25.1 Å². The fourth-order valence-electron chi connectivity index (χ4n) is 0.219. The summed E-state index contributed by atoms with van der Waals surface area (Å²) in [6.45, 7) is -0.283. The molecule has 0 fully saturated rings. The van der Waals surface area contributed by atoms with E-state index in [1.807, 2.05) is 0 Å². The highest BCUT2D eigenvalue weighted by Gasteiger charge is 1.96. The number of rotatable bonds is 3. The van der Waals surface area contributed by atoms with Crippen LogP contribution in [-0.2, 0) is 9.84 Å². The van der Waals surface area contributed by atoms with Gasteiger partial charge in [0.05, 0.1) is 6.61 Å². The lowest BCUT2D eigenvalue weighted by atomic mass is 10.4. The summed E-state index contributed by atoms with van der Waals surface area (Å²) in [6, 6.07) is 0. The molecule has 0 amide bonds. The Bertz CT molecular complexity index is 37.9. The SMILES string of the molecule is COC(O)CC[O]. The smallest absolute Gasteiger partial charge is 0.156 e. The van der Waals surface area contributed by atoms with Gasteiger partial charge in [0.2, 0.25) is 0 Å². The highest BCUT2D eigenvalue weighted by atomic mass is 16.6. The standard InChI is InChI=1S/C4H9O3/c1-7-4(6)2-3-5/h4,6H,2-3H2,1H3. The van der Waals surface area contributed by atoms with E-state index in [1.54, 1.807) is 0 Å². The molecule has 1 unspecified atom stereocenters. The lowest BCUT2D eigenvalue weighted by Crippen LogP contribution is -2.09. The van der Waals surface area contributed by atoms with Gasteiger partial charge < -0.3 is 9.84 Å². The Balaban J connectivity index is 2.83. The summed E-state index contributed by atoms with van der Waals surface area (Å²) in [7, 11) is 1.36. The molecule has 0 aliphatic heterocycles. The van der Waals surface area contributed by atoms with Crippen LogP contribution < -0.4 is 0 Å². The van der Waals surface area contributed by atoms with Gasteiger partial charge in [-0.15, -0.1) is 0 Å². The van der Waals surface area contributed by atoms with E-state index in [0.29, 0.717) is 0 Å². The van der Waals surface area contributed by atoms with Crippen LogP contribution in [0.2, 0.25) is 0 Å². The minimum atomic E-state index is -0.863. The molecule has 0 aliphatic rings. The van der Waals surface area contributed by atoms with Gasteiger partial charge in [0.25, 0.3) is 0 Å². The van der Waals surface area contributed by atoms with Gasteiger partial charge >= 0.3 is 0 Å². The second kappa shape index (κ2) is 4.05. The number of hydrogen-bond acceptors (Lipinski definition) is 2. The maximum absolute atomic E-state index is 9.66. The van der Waals surface area contributed by atoms with Crippen molar-refractivity contribution in [2.24, 2.45) is 0 Å². The molecule has 1 radical (unpaired) electrons. The van der Waals surface area contributed by atoms with Crippen molar-refractivity contribution in [1.29, 1.82) is 0 Å². The Morgan fingerprint density at radius 2 is 2.43 bits per heavy atom. The molecule has 0 saturated carbocycles. The van der Waals surface area contributed by atoms with Gasteiger partial charge in [-0.2, -0.15) is 0 Å². The fraction of sp³-hybridized carbons (Fsp3) is 1.00. The Labute approximate surface area is 42.5 Å². The van der Waals surface area contributed by atoms with Crippen LogP contribution in [0.15, 0.2) is 0 Å². The number of aliphatic hydroxyl groups is 1. The van der Waals surface area contributed by atoms with E-state index in [0.717, 1.165) is 0 Å². The minimum absolute atomic E-state index is 0.177. The van der Waals surface area contributed by atoms with E-state index >= 15 is 0 Å². The maximum Gasteiger partial charge on any atom is 0.156 e.